The van der Waals surface area contributed by atoms with Gasteiger partial charge in [0.2, 0.25) is 0 Å². The summed E-state index contributed by atoms with van der Waals surface area (Å²) in [5, 5.41) is 13.0. The van der Waals surface area contributed by atoms with E-state index in [9.17, 15) is 0 Å². The summed E-state index contributed by atoms with van der Waals surface area (Å²) in [6.07, 6.45) is 10.8. The fraction of sp³-hybridized carbons (Fsp3) is 0.423. The van der Waals surface area contributed by atoms with Crippen LogP contribution in [0.15, 0.2) is 63.6 Å². The monoisotopic (exact) mass is 485 g/mol. The molecule has 2 aromatic carbocycles. The molecule has 0 unspecified atom stereocenters. The van der Waals surface area contributed by atoms with Crippen molar-refractivity contribution in [1.82, 2.24) is 5.16 Å². The maximum absolute atomic E-state index is 8.77. The number of unbranched alkanes of at least 4 members (excludes halogenated alkanes) is 8. The molecule has 0 saturated carbocycles. The summed E-state index contributed by atoms with van der Waals surface area (Å²) in [5.41, 5.74) is 2.84. The lowest BCUT2D eigenvalue weighted by atomic mass is 10.1. The number of halogens is 1. The lowest BCUT2D eigenvalue weighted by Gasteiger charge is -2.06. The zero-order chi connectivity index (χ0) is 21.7. The van der Waals surface area contributed by atoms with Gasteiger partial charge in [0.05, 0.1) is 6.61 Å². The predicted molar refractivity (Wildman–Crippen MR) is 129 cm³/mol. The topological polar surface area (TPSA) is 55.5 Å². The lowest BCUT2D eigenvalue weighted by molar-refractivity contribution is 0.282. The van der Waals surface area contributed by atoms with Crippen molar-refractivity contribution in [2.24, 2.45) is 0 Å². The molecule has 4 nitrogen and oxygen atoms in total. The molecule has 3 rings (SSSR count). The second-order valence-corrected chi connectivity index (χ2v) is 8.78. The fourth-order valence-electron chi connectivity index (χ4n) is 3.52. The minimum atomic E-state index is 0.330. The van der Waals surface area contributed by atoms with Crippen LogP contribution in [0.5, 0.6) is 5.75 Å². The van der Waals surface area contributed by atoms with Gasteiger partial charge in [0.15, 0.2) is 5.76 Å². The van der Waals surface area contributed by atoms with Crippen molar-refractivity contribution in [2.75, 3.05) is 13.2 Å². The van der Waals surface area contributed by atoms with Crippen molar-refractivity contribution in [2.45, 2.75) is 57.8 Å². The van der Waals surface area contributed by atoms with Crippen LogP contribution in [0, 0.1) is 0 Å². The SMILES string of the molecule is OCCCCCCCCCCCOc1ccc(-c2cc(-c3ccc(Br)cc3)no2)cc1. The first-order valence-electron chi connectivity index (χ1n) is 11.3. The Hall–Kier alpha value is -2.11. The summed E-state index contributed by atoms with van der Waals surface area (Å²) in [6.45, 7) is 1.09. The van der Waals surface area contributed by atoms with Crippen molar-refractivity contribution in [1.29, 1.82) is 0 Å². The Kier molecular flexibility index (Phi) is 10.1. The Morgan fingerprint density at radius 2 is 1.32 bits per heavy atom. The highest BCUT2D eigenvalue weighted by atomic mass is 79.9. The highest BCUT2D eigenvalue weighted by molar-refractivity contribution is 9.10. The van der Waals surface area contributed by atoms with Crippen LogP contribution in [0.25, 0.3) is 22.6 Å². The van der Waals surface area contributed by atoms with E-state index in [0.717, 1.165) is 58.7 Å². The molecule has 0 aliphatic carbocycles. The van der Waals surface area contributed by atoms with Crippen LogP contribution < -0.4 is 4.74 Å². The number of aromatic nitrogens is 1. The molecule has 0 bridgehead atoms. The molecular formula is C26H32BrNO3. The molecule has 0 spiro atoms. The minimum Gasteiger partial charge on any atom is -0.494 e. The van der Waals surface area contributed by atoms with E-state index in [4.69, 9.17) is 14.4 Å². The van der Waals surface area contributed by atoms with Crippen LogP contribution >= 0.6 is 15.9 Å². The third-order valence-electron chi connectivity index (χ3n) is 5.36. The van der Waals surface area contributed by atoms with E-state index in [0.29, 0.717) is 6.61 Å². The van der Waals surface area contributed by atoms with Gasteiger partial charge in [0.1, 0.15) is 11.4 Å². The van der Waals surface area contributed by atoms with Crippen LogP contribution in [0.4, 0.5) is 0 Å². The molecule has 0 aliphatic rings. The van der Waals surface area contributed by atoms with Gasteiger partial charge in [0, 0.05) is 28.3 Å². The molecular weight excluding hydrogens is 454 g/mol. The van der Waals surface area contributed by atoms with E-state index in [1.807, 2.05) is 54.6 Å². The van der Waals surface area contributed by atoms with Gasteiger partial charge in [-0.3, -0.25) is 0 Å². The molecule has 3 aromatic rings. The van der Waals surface area contributed by atoms with Crippen LogP contribution in [0.1, 0.15) is 57.8 Å². The predicted octanol–water partition coefficient (Wildman–Crippen LogP) is 7.65. The minimum absolute atomic E-state index is 0.330. The Morgan fingerprint density at radius 3 is 1.97 bits per heavy atom. The smallest absolute Gasteiger partial charge is 0.167 e. The highest BCUT2D eigenvalue weighted by Gasteiger charge is 2.09. The molecule has 1 heterocycles. The second kappa shape index (κ2) is 13.3. The number of benzene rings is 2. The number of aliphatic hydroxyl groups excluding tert-OH is 1. The van der Waals surface area contributed by atoms with Gasteiger partial charge < -0.3 is 14.4 Å². The van der Waals surface area contributed by atoms with E-state index in [1.54, 1.807) is 0 Å². The van der Waals surface area contributed by atoms with Gasteiger partial charge in [-0.25, -0.2) is 0 Å². The van der Waals surface area contributed by atoms with Gasteiger partial charge in [-0.1, -0.05) is 78.2 Å². The summed E-state index contributed by atoms with van der Waals surface area (Å²) in [6, 6.07) is 18.0. The first-order valence-corrected chi connectivity index (χ1v) is 12.1. The van der Waals surface area contributed by atoms with Gasteiger partial charge in [-0.2, -0.15) is 0 Å². The molecule has 0 amide bonds. The third kappa shape index (κ3) is 8.15. The summed E-state index contributed by atoms with van der Waals surface area (Å²) in [7, 11) is 0. The number of rotatable bonds is 14. The quantitative estimate of drug-likeness (QED) is 0.238. The average molecular weight is 486 g/mol. The maximum atomic E-state index is 8.77. The normalized spacial score (nSPS) is 11.0. The molecule has 0 fully saturated rings. The molecule has 0 aliphatic heterocycles. The number of ether oxygens (including phenoxy) is 1. The molecule has 166 valence electrons. The Morgan fingerprint density at radius 1 is 0.742 bits per heavy atom. The van der Waals surface area contributed by atoms with Crippen molar-refractivity contribution < 1.29 is 14.4 Å². The first-order chi connectivity index (χ1) is 15.3. The van der Waals surface area contributed by atoms with Gasteiger partial charge in [-0.05, 0) is 49.2 Å². The average Bonchev–Trinajstić information content (AvgIpc) is 3.29. The van der Waals surface area contributed by atoms with Crippen LogP contribution in [-0.4, -0.2) is 23.5 Å². The van der Waals surface area contributed by atoms with Crippen molar-refractivity contribution >= 4 is 15.9 Å². The molecule has 1 aromatic heterocycles. The molecule has 0 saturated heterocycles. The summed E-state index contributed by atoms with van der Waals surface area (Å²) in [4.78, 5) is 0. The lowest BCUT2D eigenvalue weighted by Crippen LogP contribution is -1.97. The van der Waals surface area contributed by atoms with Gasteiger partial charge >= 0.3 is 0 Å². The summed E-state index contributed by atoms with van der Waals surface area (Å²) < 4.78 is 12.5. The Labute approximate surface area is 193 Å². The fourth-order valence-corrected chi connectivity index (χ4v) is 3.79. The van der Waals surface area contributed by atoms with Gasteiger partial charge in [0.25, 0.3) is 0 Å². The van der Waals surface area contributed by atoms with Crippen LogP contribution in [-0.2, 0) is 0 Å². The molecule has 1 N–H and O–H groups in total. The van der Waals surface area contributed by atoms with Crippen molar-refractivity contribution in [3.8, 4) is 28.3 Å². The highest BCUT2D eigenvalue weighted by Crippen LogP contribution is 2.28. The van der Waals surface area contributed by atoms with Crippen molar-refractivity contribution in [3.05, 3.63) is 59.1 Å². The number of aliphatic hydroxyl groups is 1. The number of nitrogens with zero attached hydrogens (tertiary/aromatic N) is 1. The summed E-state index contributed by atoms with van der Waals surface area (Å²) in [5.74, 6) is 1.64. The number of hydrogen-bond donors (Lipinski definition) is 1. The zero-order valence-corrected chi connectivity index (χ0v) is 19.6. The van der Waals surface area contributed by atoms with E-state index in [2.05, 4.69) is 21.1 Å². The van der Waals surface area contributed by atoms with E-state index < -0.39 is 0 Å². The second-order valence-electron chi connectivity index (χ2n) is 7.86. The molecule has 0 radical (unpaired) electrons. The standard InChI is InChI=1S/C26H32BrNO3/c27-23-14-10-21(11-15-23)25-20-26(31-28-25)22-12-16-24(17-13-22)30-19-9-7-5-3-1-2-4-6-8-18-29/h10-17,20,29H,1-9,18-19H2. The maximum Gasteiger partial charge on any atom is 0.167 e. The molecule has 0 atom stereocenters. The largest absolute Gasteiger partial charge is 0.494 e. The first kappa shape index (κ1) is 23.6. The zero-order valence-electron chi connectivity index (χ0n) is 18.1. The molecule has 31 heavy (non-hydrogen) atoms. The van der Waals surface area contributed by atoms with Crippen molar-refractivity contribution in [3.63, 3.8) is 0 Å². The molecule has 5 heteroatoms. The summed E-state index contributed by atoms with van der Waals surface area (Å²) >= 11 is 3.45. The van der Waals surface area contributed by atoms with Crippen LogP contribution in [0.3, 0.4) is 0 Å². The Bertz CT molecular complexity index is 874. The van der Waals surface area contributed by atoms with E-state index >= 15 is 0 Å². The number of hydrogen-bond acceptors (Lipinski definition) is 4. The van der Waals surface area contributed by atoms with E-state index in [-0.39, 0.29) is 0 Å². The van der Waals surface area contributed by atoms with Gasteiger partial charge in [-0.15, -0.1) is 0 Å². The van der Waals surface area contributed by atoms with Crippen LogP contribution in [0.2, 0.25) is 0 Å². The third-order valence-corrected chi connectivity index (χ3v) is 5.89. The van der Waals surface area contributed by atoms with E-state index in [1.165, 1.54) is 38.5 Å². The Balaban J connectivity index is 1.34.